The Labute approximate surface area is 111 Å². The van der Waals surface area contributed by atoms with Crippen molar-refractivity contribution >= 4 is 5.97 Å². The molecular formula is C14H18O5. The van der Waals surface area contributed by atoms with Crippen LogP contribution >= 0.6 is 0 Å². The molecule has 1 heterocycles. The number of aliphatic hydroxyl groups excluding tert-OH is 2. The first-order valence-electron chi connectivity index (χ1n) is 6.27. The lowest BCUT2D eigenvalue weighted by molar-refractivity contribution is -0.141. The monoisotopic (exact) mass is 266 g/mol. The highest BCUT2D eigenvalue weighted by Crippen LogP contribution is 2.35. The van der Waals surface area contributed by atoms with Gasteiger partial charge in [-0.1, -0.05) is 30.3 Å². The van der Waals surface area contributed by atoms with Gasteiger partial charge in [-0.2, -0.15) is 0 Å². The summed E-state index contributed by atoms with van der Waals surface area (Å²) in [5.41, 5.74) is 0.814. The third kappa shape index (κ3) is 3.12. The molecule has 0 aliphatic carbocycles. The van der Waals surface area contributed by atoms with E-state index >= 15 is 0 Å². The first-order valence-corrected chi connectivity index (χ1v) is 6.27. The van der Waals surface area contributed by atoms with E-state index in [9.17, 15) is 15.0 Å². The molecule has 1 fully saturated rings. The average Bonchev–Trinajstić information content (AvgIpc) is 2.73. The normalized spacial score (nSPS) is 30.3. The van der Waals surface area contributed by atoms with E-state index in [0.717, 1.165) is 5.56 Å². The number of rotatable bonds is 4. The number of hydrogen-bond donors (Lipinski definition) is 2. The number of hydrogen-bond acceptors (Lipinski definition) is 5. The predicted octanol–water partition coefficient (Wildman–Crippen LogP) is 0.801. The van der Waals surface area contributed by atoms with Gasteiger partial charge in [0.2, 0.25) is 0 Å². The first-order chi connectivity index (χ1) is 9.13. The van der Waals surface area contributed by atoms with Crippen LogP contribution < -0.4 is 0 Å². The number of benzene rings is 1. The Morgan fingerprint density at radius 1 is 1.26 bits per heavy atom. The molecule has 1 saturated heterocycles. The molecule has 0 aromatic heterocycles. The van der Waals surface area contributed by atoms with Gasteiger partial charge >= 0.3 is 5.97 Å². The number of ether oxygens (including phenoxy) is 2. The minimum atomic E-state index is -0.991. The van der Waals surface area contributed by atoms with Crippen LogP contribution in [-0.4, -0.2) is 41.6 Å². The predicted molar refractivity (Wildman–Crippen MR) is 67.3 cm³/mol. The molecule has 1 aromatic carbocycles. The van der Waals surface area contributed by atoms with Gasteiger partial charge in [0.15, 0.2) is 0 Å². The fourth-order valence-corrected chi connectivity index (χ4v) is 2.27. The molecule has 0 spiro atoms. The highest BCUT2D eigenvalue weighted by molar-refractivity contribution is 5.69. The molecule has 5 nitrogen and oxygen atoms in total. The number of carbonyl (C=O) groups excluding carboxylic acids is 1. The lowest BCUT2D eigenvalue weighted by Gasteiger charge is -2.14. The van der Waals surface area contributed by atoms with Gasteiger partial charge in [0.05, 0.1) is 13.2 Å². The summed E-state index contributed by atoms with van der Waals surface area (Å²) in [4.78, 5) is 11.1. The van der Waals surface area contributed by atoms with Gasteiger partial charge in [0, 0.05) is 6.42 Å². The molecular weight excluding hydrogens is 248 g/mol. The van der Waals surface area contributed by atoms with E-state index in [1.54, 1.807) is 0 Å². The highest BCUT2D eigenvalue weighted by Gasteiger charge is 2.43. The molecule has 1 aliphatic heterocycles. The van der Waals surface area contributed by atoms with Crippen LogP contribution in [0, 0.1) is 0 Å². The third-order valence-corrected chi connectivity index (χ3v) is 3.35. The lowest BCUT2D eigenvalue weighted by atomic mass is 10.0. The van der Waals surface area contributed by atoms with E-state index in [1.807, 2.05) is 30.3 Å². The summed E-state index contributed by atoms with van der Waals surface area (Å²) in [5.74, 6) is -0.353. The maximum atomic E-state index is 11.1. The van der Waals surface area contributed by atoms with Gasteiger partial charge in [-0.15, -0.1) is 0 Å². The minimum absolute atomic E-state index is 0.159. The smallest absolute Gasteiger partial charge is 0.305 e. The zero-order valence-corrected chi connectivity index (χ0v) is 10.7. The van der Waals surface area contributed by atoms with Crippen molar-refractivity contribution < 1.29 is 24.5 Å². The number of carbonyl (C=O) groups is 1. The molecule has 0 bridgehead atoms. The second-order valence-electron chi connectivity index (χ2n) is 4.60. The van der Waals surface area contributed by atoms with E-state index in [2.05, 4.69) is 4.74 Å². The van der Waals surface area contributed by atoms with E-state index < -0.39 is 24.4 Å². The summed E-state index contributed by atoms with van der Waals surface area (Å²) >= 11 is 0. The molecule has 1 aliphatic rings. The zero-order chi connectivity index (χ0) is 13.8. The summed E-state index contributed by atoms with van der Waals surface area (Å²) in [6.45, 7) is 0. The van der Waals surface area contributed by atoms with Crippen LogP contribution in [0.5, 0.6) is 0 Å². The van der Waals surface area contributed by atoms with Crippen molar-refractivity contribution in [2.75, 3.05) is 7.11 Å². The Hall–Kier alpha value is -1.43. The largest absolute Gasteiger partial charge is 0.469 e. The van der Waals surface area contributed by atoms with Crippen molar-refractivity contribution in [3.8, 4) is 0 Å². The Morgan fingerprint density at radius 2 is 1.95 bits per heavy atom. The van der Waals surface area contributed by atoms with Gasteiger partial charge < -0.3 is 19.7 Å². The molecule has 2 N–H and O–H groups in total. The summed E-state index contributed by atoms with van der Waals surface area (Å²) in [6, 6.07) is 9.24. The fourth-order valence-electron chi connectivity index (χ4n) is 2.27. The first kappa shape index (κ1) is 14.0. The fraction of sp³-hybridized carbons (Fsp3) is 0.500. The Morgan fingerprint density at radius 3 is 2.58 bits per heavy atom. The van der Waals surface area contributed by atoms with Crippen LogP contribution in [-0.2, 0) is 14.3 Å². The van der Waals surface area contributed by atoms with Crippen molar-refractivity contribution in [3.63, 3.8) is 0 Å². The molecule has 0 amide bonds. The Bertz CT molecular complexity index is 419. The maximum absolute atomic E-state index is 11.1. The molecule has 2 rings (SSSR count). The number of methoxy groups -OCH3 is 1. The van der Waals surface area contributed by atoms with Gasteiger partial charge in [0.25, 0.3) is 0 Å². The average molecular weight is 266 g/mol. The van der Waals surface area contributed by atoms with Crippen LogP contribution in [0.25, 0.3) is 0 Å². The van der Waals surface area contributed by atoms with Crippen LogP contribution in [0.1, 0.15) is 24.5 Å². The molecule has 0 unspecified atom stereocenters. The van der Waals surface area contributed by atoms with Gasteiger partial charge in [0.1, 0.15) is 18.3 Å². The van der Waals surface area contributed by atoms with Crippen molar-refractivity contribution in [1.82, 2.24) is 0 Å². The van der Waals surface area contributed by atoms with E-state index in [-0.39, 0.29) is 12.4 Å². The molecule has 104 valence electrons. The molecule has 19 heavy (non-hydrogen) atoms. The quantitative estimate of drug-likeness (QED) is 0.788. The maximum Gasteiger partial charge on any atom is 0.305 e. The molecule has 0 radical (unpaired) electrons. The van der Waals surface area contributed by atoms with Crippen LogP contribution in [0.2, 0.25) is 0 Å². The SMILES string of the molecule is COC(=O)CC[C@@H]1O[C@H](c2ccccc2)[C@@H](O)[C@@H]1O. The second-order valence-corrected chi connectivity index (χ2v) is 4.60. The molecule has 1 aromatic rings. The lowest BCUT2D eigenvalue weighted by Crippen LogP contribution is -2.30. The van der Waals surface area contributed by atoms with Gasteiger partial charge in [-0.3, -0.25) is 4.79 Å². The van der Waals surface area contributed by atoms with Crippen molar-refractivity contribution in [2.24, 2.45) is 0 Å². The van der Waals surface area contributed by atoms with Crippen LogP contribution in [0.3, 0.4) is 0 Å². The molecule has 4 atom stereocenters. The topological polar surface area (TPSA) is 76.0 Å². The summed E-state index contributed by atoms with van der Waals surface area (Å²) in [5, 5.41) is 20.0. The van der Waals surface area contributed by atoms with Crippen LogP contribution in [0.15, 0.2) is 30.3 Å². The highest BCUT2D eigenvalue weighted by atomic mass is 16.5. The second kappa shape index (κ2) is 6.14. The van der Waals surface area contributed by atoms with E-state index in [1.165, 1.54) is 7.11 Å². The van der Waals surface area contributed by atoms with E-state index in [0.29, 0.717) is 6.42 Å². The zero-order valence-electron chi connectivity index (χ0n) is 10.7. The van der Waals surface area contributed by atoms with Crippen LogP contribution in [0.4, 0.5) is 0 Å². The van der Waals surface area contributed by atoms with E-state index in [4.69, 9.17) is 4.74 Å². The molecule has 5 heteroatoms. The van der Waals surface area contributed by atoms with Crippen molar-refractivity contribution in [3.05, 3.63) is 35.9 Å². The Balaban J connectivity index is 2.00. The Kier molecular flexibility index (Phi) is 4.52. The van der Waals surface area contributed by atoms with Crippen molar-refractivity contribution in [1.29, 1.82) is 0 Å². The van der Waals surface area contributed by atoms with Crippen molar-refractivity contribution in [2.45, 2.75) is 37.3 Å². The standard InChI is InChI=1S/C14H18O5/c1-18-11(15)8-7-10-12(16)13(17)14(19-10)9-5-3-2-4-6-9/h2-6,10,12-14,16-17H,7-8H2,1H3/t10-,12+,13-,14+/m0/s1. The van der Waals surface area contributed by atoms with Gasteiger partial charge in [-0.05, 0) is 12.0 Å². The number of esters is 1. The minimum Gasteiger partial charge on any atom is -0.469 e. The third-order valence-electron chi connectivity index (χ3n) is 3.35. The molecule has 0 saturated carbocycles. The summed E-state index contributed by atoms with van der Waals surface area (Å²) < 4.78 is 10.2. The summed E-state index contributed by atoms with van der Waals surface area (Å²) in [7, 11) is 1.32. The summed E-state index contributed by atoms with van der Waals surface area (Å²) in [6.07, 6.45) is -2.60. The van der Waals surface area contributed by atoms with Gasteiger partial charge in [-0.25, -0.2) is 0 Å². The number of aliphatic hydroxyl groups is 2.